The molecule has 2 rings (SSSR count). The van der Waals surface area contributed by atoms with E-state index in [-0.39, 0.29) is 0 Å². The zero-order valence-electron chi connectivity index (χ0n) is 10.9. The third kappa shape index (κ3) is 4.05. The highest BCUT2D eigenvalue weighted by Crippen LogP contribution is 2.18. The standard InChI is InChI=1S/C13H23N3S/c1-11-10-15-13(17-11)12(2)14-6-9-16-7-4-3-5-8-16/h10,12,14H,3-9H2,1-2H3. The molecule has 17 heavy (non-hydrogen) atoms. The van der Waals surface area contributed by atoms with E-state index >= 15 is 0 Å². The molecule has 0 spiro atoms. The fourth-order valence-corrected chi connectivity index (χ4v) is 3.08. The van der Waals surface area contributed by atoms with Gasteiger partial charge in [-0.05, 0) is 39.8 Å². The summed E-state index contributed by atoms with van der Waals surface area (Å²) < 4.78 is 0. The van der Waals surface area contributed by atoms with Crippen LogP contribution in [0.5, 0.6) is 0 Å². The molecule has 1 N–H and O–H groups in total. The summed E-state index contributed by atoms with van der Waals surface area (Å²) in [7, 11) is 0. The molecule has 0 aliphatic carbocycles. The lowest BCUT2D eigenvalue weighted by Crippen LogP contribution is -2.36. The average molecular weight is 253 g/mol. The van der Waals surface area contributed by atoms with Gasteiger partial charge in [0.2, 0.25) is 0 Å². The van der Waals surface area contributed by atoms with Crippen molar-refractivity contribution in [2.75, 3.05) is 26.2 Å². The molecular formula is C13H23N3S. The summed E-state index contributed by atoms with van der Waals surface area (Å²) in [6, 6.07) is 0.387. The van der Waals surface area contributed by atoms with Crippen molar-refractivity contribution in [1.29, 1.82) is 0 Å². The number of nitrogens with one attached hydrogen (secondary N) is 1. The number of rotatable bonds is 5. The fraction of sp³-hybridized carbons (Fsp3) is 0.769. The van der Waals surface area contributed by atoms with Crippen molar-refractivity contribution in [3.63, 3.8) is 0 Å². The van der Waals surface area contributed by atoms with E-state index in [1.165, 1.54) is 48.8 Å². The van der Waals surface area contributed by atoms with Gasteiger partial charge in [0.1, 0.15) is 5.01 Å². The van der Waals surface area contributed by atoms with Crippen LogP contribution in [0.3, 0.4) is 0 Å². The molecule has 1 aromatic heterocycles. The van der Waals surface area contributed by atoms with Crippen LogP contribution in [0.25, 0.3) is 0 Å². The second-order valence-corrected chi connectivity index (χ2v) is 6.15. The predicted octanol–water partition coefficient (Wildman–Crippen LogP) is 2.59. The van der Waals surface area contributed by atoms with Crippen LogP contribution in [0.15, 0.2) is 6.20 Å². The van der Waals surface area contributed by atoms with Gasteiger partial charge in [0, 0.05) is 24.2 Å². The predicted molar refractivity (Wildman–Crippen MR) is 73.6 cm³/mol. The summed E-state index contributed by atoms with van der Waals surface area (Å²) in [5.41, 5.74) is 0. The Morgan fingerprint density at radius 1 is 1.41 bits per heavy atom. The first-order chi connectivity index (χ1) is 8.25. The maximum absolute atomic E-state index is 4.42. The van der Waals surface area contributed by atoms with Crippen LogP contribution in [-0.4, -0.2) is 36.1 Å². The van der Waals surface area contributed by atoms with Crippen molar-refractivity contribution in [2.45, 2.75) is 39.2 Å². The van der Waals surface area contributed by atoms with Gasteiger partial charge in [-0.25, -0.2) is 4.98 Å². The molecule has 1 saturated heterocycles. The van der Waals surface area contributed by atoms with Crippen LogP contribution >= 0.6 is 11.3 Å². The number of hydrogen-bond donors (Lipinski definition) is 1. The number of aryl methyl sites for hydroxylation is 1. The Morgan fingerprint density at radius 2 is 2.18 bits per heavy atom. The lowest BCUT2D eigenvalue weighted by Gasteiger charge is -2.26. The molecule has 1 unspecified atom stereocenters. The Hall–Kier alpha value is -0.450. The SMILES string of the molecule is Cc1cnc(C(C)NCCN2CCCCC2)s1. The van der Waals surface area contributed by atoms with Crippen LogP contribution in [0.1, 0.15) is 42.1 Å². The lowest BCUT2D eigenvalue weighted by atomic mass is 10.1. The zero-order chi connectivity index (χ0) is 12.1. The van der Waals surface area contributed by atoms with Crippen LogP contribution in [0.2, 0.25) is 0 Å². The summed E-state index contributed by atoms with van der Waals surface area (Å²) in [5.74, 6) is 0. The summed E-state index contributed by atoms with van der Waals surface area (Å²) in [5, 5.41) is 4.78. The second kappa shape index (κ2) is 6.47. The maximum Gasteiger partial charge on any atom is 0.109 e. The molecule has 3 nitrogen and oxygen atoms in total. The first-order valence-electron chi connectivity index (χ1n) is 6.64. The molecule has 4 heteroatoms. The number of piperidine rings is 1. The highest BCUT2D eigenvalue weighted by molar-refractivity contribution is 7.11. The average Bonchev–Trinajstić information content (AvgIpc) is 2.77. The molecule has 1 fully saturated rings. The Balaban J connectivity index is 1.67. The molecule has 1 atom stereocenters. The van der Waals surface area contributed by atoms with Gasteiger partial charge >= 0.3 is 0 Å². The molecule has 1 aliphatic rings. The number of nitrogens with zero attached hydrogens (tertiary/aromatic N) is 2. The summed E-state index contributed by atoms with van der Waals surface area (Å²) in [6.45, 7) is 9.13. The topological polar surface area (TPSA) is 28.2 Å². The summed E-state index contributed by atoms with van der Waals surface area (Å²) >= 11 is 1.79. The minimum absolute atomic E-state index is 0.387. The van der Waals surface area contributed by atoms with Gasteiger partial charge in [-0.15, -0.1) is 11.3 Å². The molecular weight excluding hydrogens is 230 g/mol. The van der Waals surface area contributed by atoms with E-state index in [9.17, 15) is 0 Å². The van der Waals surface area contributed by atoms with E-state index in [0.717, 1.165) is 6.54 Å². The highest BCUT2D eigenvalue weighted by Gasteiger charge is 2.11. The number of likely N-dealkylation sites (tertiary alicyclic amines) is 1. The highest BCUT2D eigenvalue weighted by atomic mass is 32.1. The van der Waals surface area contributed by atoms with E-state index < -0.39 is 0 Å². The Kier molecular flexibility index (Phi) is 4.95. The van der Waals surface area contributed by atoms with Crippen molar-refractivity contribution in [1.82, 2.24) is 15.2 Å². The van der Waals surface area contributed by atoms with Crippen LogP contribution in [0, 0.1) is 6.92 Å². The molecule has 0 aromatic carbocycles. The third-order valence-electron chi connectivity index (χ3n) is 3.34. The lowest BCUT2D eigenvalue weighted by molar-refractivity contribution is 0.227. The monoisotopic (exact) mass is 253 g/mol. The van der Waals surface area contributed by atoms with E-state index in [1.54, 1.807) is 11.3 Å². The molecule has 0 saturated carbocycles. The molecule has 0 bridgehead atoms. The van der Waals surface area contributed by atoms with Gasteiger partial charge in [0.25, 0.3) is 0 Å². The minimum atomic E-state index is 0.387. The van der Waals surface area contributed by atoms with E-state index in [1.807, 2.05) is 6.20 Å². The normalized spacial score (nSPS) is 19.4. The summed E-state index contributed by atoms with van der Waals surface area (Å²) in [6.07, 6.45) is 6.13. The second-order valence-electron chi connectivity index (χ2n) is 4.89. The number of aromatic nitrogens is 1. The Labute approximate surface area is 108 Å². The van der Waals surface area contributed by atoms with Crippen molar-refractivity contribution < 1.29 is 0 Å². The van der Waals surface area contributed by atoms with Gasteiger partial charge in [-0.1, -0.05) is 6.42 Å². The summed E-state index contributed by atoms with van der Waals surface area (Å²) in [4.78, 5) is 8.29. The van der Waals surface area contributed by atoms with Crippen molar-refractivity contribution >= 4 is 11.3 Å². The van der Waals surface area contributed by atoms with Crippen molar-refractivity contribution in [2.24, 2.45) is 0 Å². The van der Waals surface area contributed by atoms with Gasteiger partial charge < -0.3 is 10.2 Å². The molecule has 96 valence electrons. The minimum Gasteiger partial charge on any atom is -0.307 e. The molecule has 1 aliphatic heterocycles. The van der Waals surface area contributed by atoms with E-state index in [0.29, 0.717) is 6.04 Å². The third-order valence-corrected chi connectivity index (χ3v) is 4.43. The van der Waals surface area contributed by atoms with Gasteiger partial charge in [0.05, 0.1) is 6.04 Å². The van der Waals surface area contributed by atoms with Gasteiger partial charge in [-0.2, -0.15) is 0 Å². The Morgan fingerprint density at radius 3 is 2.82 bits per heavy atom. The molecule has 0 amide bonds. The van der Waals surface area contributed by atoms with Crippen molar-refractivity contribution in [3.8, 4) is 0 Å². The van der Waals surface area contributed by atoms with Crippen molar-refractivity contribution in [3.05, 3.63) is 16.1 Å². The van der Waals surface area contributed by atoms with Crippen LogP contribution < -0.4 is 5.32 Å². The molecule has 0 radical (unpaired) electrons. The molecule has 1 aromatic rings. The van der Waals surface area contributed by atoms with Crippen LogP contribution in [-0.2, 0) is 0 Å². The Bertz CT molecular complexity index is 331. The number of thiazole rings is 1. The fourth-order valence-electron chi connectivity index (χ4n) is 2.28. The number of hydrogen-bond acceptors (Lipinski definition) is 4. The first-order valence-corrected chi connectivity index (χ1v) is 7.45. The van der Waals surface area contributed by atoms with Crippen LogP contribution in [0.4, 0.5) is 0 Å². The zero-order valence-corrected chi connectivity index (χ0v) is 11.7. The van der Waals surface area contributed by atoms with Gasteiger partial charge in [0.15, 0.2) is 0 Å². The maximum atomic E-state index is 4.42. The molecule has 2 heterocycles. The smallest absolute Gasteiger partial charge is 0.109 e. The first kappa shape index (κ1) is 13.0. The van der Waals surface area contributed by atoms with E-state index in [2.05, 4.69) is 29.0 Å². The quantitative estimate of drug-likeness (QED) is 0.874. The van der Waals surface area contributed by atoms with E-state index in [4.69, 9.17) is 0 Å². The van der Waals surface area contributed by atoms with Gasteiger partial charge in [-0.3, -0.25) is 0 Å². The largest absolute Gasteiger partial charge is 0.307 e.